The van der Waals surface area contributed by atoms with Gasteiger partial charge in [-0.25, -0.2) is 0 Å². The third-order valence-electron chi connectivity index (χ3n) is 1.83. The van der Waals surface area contributed by atoms with Crippen molar-refractivity contribution in [1.29, 1.82) is 0 Å². The predicted molar refractivity (Wildman–Crippen MR) is 57.9 cm³/mol. The Hall–Kier alpha value is -1.22. The van der Waals surface area contributed by atoms with Crippen LogP contribution in [0.1, 0.15) is 6.92 Å². The van der Waals surface area contributed by atoms with Crippen LogP contribution in [0.2, 0.25) is 0 Å². The highest BCUT2D eigenvalue weighted by molar-refractivity contribution is 5.49. The SMILES string of the molecule is C[C@@H](O)COc1cccc(N(C)C)c1. The van der Waals surface area contributed by atoms with Crippen molar-refractivity contribution in [2.75, 3.05) is 25.6 Å². The van der Waals surface area contributed by atoms with Gasteiger partial charge in [-0.2, -0.15) is 0 Å². The van der Waals surface area contributed by atoms with Gasteiger partial charge in [0.05, 0.1) is 6.10 Å². The number of benzene rings is 1. The van der Waals surface area contributed by atoms with Gasteiger partial charge in [-0.15, -0.1) is 0 Å². The molecule has 1 atom stereocenters. The molecule has 0 radical (unpaired) electrons. The molecule has 0 aliphatic rings. The molecule has 0 aliphatic carbocycles. The minimum atomic E-state index is -0.432. The first-order valence-corrected chi connectivity index (χ1v) is 4.68. The molecule has 0 fully saturated rings. The summed E-state index contributed by atoms with van der Waals surface area (Å²) in [5.74, 6) is 0.789. The zero-order valence-corrected chi connectivity index (χ0v) is 8.90. The maximum Gasteiger partial charge on any atom is 0.121 e. The number of hydrogen-bond acceptors (Lipinski definition) is 3. The average Bonchev–Trinajstić information content (AvgIpc) is 2.15. The third kappa shape index (κ3) is 3.26. The van der Waals surface area contributed by atoms with Gasteiger partial charge in [0.1, 0.15) is 12.4 Å². The minimum Gasteiger partial charge on any atom is -0.491 e. The van der Waals surface area contributed by atoms with E-state index >= 15 is 0 Å². The smallest absolute Gasteiger partial charge is 0.121 e. The lowest BCUT2D eigenvalue weighted by Crippen LogP contribution is -2.13. The topological polar surface area (TPSA) is 32.7 Å². The molecule has 0 aromatic heterocycles. The van der Waals surface area contributed by atoms with Gasteiger partial charge >= 0.3 is 0 Å². The second kappa shape index (κ2) is 4.86. The zero-order valence-electron chi connectivity index (χ0n) is 8.90. The van der Waals surface area contributed by atoms with Gasteiger partial charge in [0.15, 0.2) is 0 Å². The van der Waals surface area contributed by atoms with Crippen molar-refractivity contribution < 1.29 is 9.84 Å². The van der Waals surface area contributed by atoms with E-state index in [4.69, 9.17) is 9.84 Å². The Morgan fingerprint density at radius 1 is 1.43 bits per heavy atom. The Kier molecular flexibility index (Phi) is 3.77. The van der Waals surface area contributed by atoms with E-state index < -0.39 is 6.10 Å². The van der Waals surface area contributed by atoms with Crippen LogP contribution in [0.25, 0.3) is 0 Å². The number of hydrogen-bond donors (Lipinski definition) is 1. The molecule has 0 unspecified atom stereocenters. The van der Waals surface area contributed by atoms with E-state index in [1.165, 1.54) is 0 Å². The molecule has 0 spiro atoms. The molecule has 0 heterocycles. The van der Waals surface area contributed by atoms with Crippen LogP contribution in [0.3, 0.4) is 0 Å². The highest BCUT2D eigenvalue weighted by atomic mass is 16.5. The molecule has 1 aromatic carbocycles. The fourth-order valence-electron chi connectivity index (χ4n) is 1.07. The number of aliphatic hydroxyl groups is 1. The van der Waals surface area contributed by atoms with Crippen LogP contribution in [0.5, 0.6) is 5.75 Å². The first-order valence-electron chi connectivity index (χ1n) is 4.68. The fraction of sp³-hybridized carbons (Fsp3) is 0.455. The van der Waals surface area contributed by atoms with Crippen LogP contribution in [-0.2, 0) is 0 Å². The summed E-state index contributed by atoms with van der Waals surface area (Å²) in [6, 6.07) is 7.78. The number of rotatable bonds is 4. The second-order valence-electron chi connectivity index (χ2n) is 3.55. The van der Waals surface area contributed by atoms with Gasteiger partial charge in [-0.05, 0) is 19.1 Å². The van der Waals surface area contributed by atoms with Crippen molar-refractivity contribution >= 4 is 5.69 Å². The molecule has 14 heavy (non-hydrogen) atoms. The first-order chi connectivity index (χ1) is 6.59. The van der Waals surface area contributed by atoms with E-state index in [-0.39, 0.29) is 0 Å². The van der Waals surface area contributed by atoms with Gasteiger partial charge in [-0.3, -0.25) is 0 Å². The lowest BCUT2D eigenvalue weighted by molar-refractivity contribution is 0.123. The largest absolute Gasteiger partial charge is 0.491 e. The molecule has 1 N–H and O–H groups in total. The minimum absolute atomic E-state index is 0.330. The van der Waals surface area contributed by atoms with Crippen LogP contribution in [0.15, 0.2) is 24.3 Å². The molecule has 78 valence electrons. The predicted octanol–water partition coefficient (Wildman–Crippen LogP) is 1.51. The van der Waals surface area contributed by atoms with Crippen molar-refractivity contribution in [2.24, 2.45) is 0 Å². The van der Waals surface area contributed by atoms with Gasteiger partial charge in [0, 0.05) is 25.8 Å². The summed E-state index contributed by atoms with van der Waals surface area (Å²) in [6.07, 6.45) is -0.432. The quantitative estimate of drug-likeness (QED) is 0.790. The van der Waals surface area contributed by atoms with Crippen LogP contribution >= 0.6 is 0 Å². The van der Waals surface area contributed by atoms with Crippen molar-refractivity contribution in [1.82, 2.24) is 0 Å². The molecule has 1 aromatic rings. The molecule has 0 bridgehead atoms. The molecular formula is C11H17NO2. The molecular weight excluding hydrogens is 178 g/mol. The van der Waals surface area contributed by atoms with E-state index in [0.29, 0.717) is 6.61 Å². The Balaban J connectivity index is 2.64. The Bertz CT molecular complexity index is 284. The third-order valence-corrected chi connectivity index (χ3v) is 1.83. The van der Waals surface area contributed by atoms with Crippen molar-refractivity contribution in [3.05, 3.63) is 24.3 Å². The standard InChI is InChI=1S/C11H17NO2/c1-9(13)8-14-11-6-4-5-10(7-11)12(2)3/h4-7,9,13H,8H2,1-3H3/t9-/m1/s1. The Morgan fingerprint density at radius 3 is 2.71 bits per heavy atom. The van der Waals surface area contributed by atoms with Crippen molar-refractivity contribution in [3.8, 4) is 5.75 Å². The van der Waals surface area contributed by atoms with E-state index in [2.05, 4.69) is 0 Å². The molecule has 3 nitrogen and oxygen atoms in total. The summed E-state index contributed by atoms with van der Waals surface area (Å²) in [6.45, 7) is 2.03. The highest BCUT2D eigenvalue weighted by Crippen LogP contribution is 2.19. The molecule has 0 amide bonds. The van der Waals surface area contributed by atoms with Gasteiger partial charge in [-0.1, -0.05) is 6.07 Å². The van der Waals surface area contributed by atoms with Crippen LogP contribution in [0, 0.1) is 0 Å². The Morgan fingerprint density at radius 2 is 2.14 bits per heavy atom. The van der Waals surface area contributed by atoms with Gasteiger partial charge < -0.3 is 14.7 Å². The fourth-order valence-corrected chi connectivity index (χ4v) is 1.07. The maximum atomic E-state index is 9.06. The summed E-state index contributed by atoms with van der Waals surface area (Å²) < 4.78 is 5.38. The number of nitrogens with zero attached hydrogens (tertiary/aromatic N) is 1. The first kappa shape index (κ1) is 10.9. The van der Waals surface area contributed by atoms with E-state index in [9.17, 15) is 0 Å². The lowest BCUT2D eigenvalue weighted by atomic mass is 10.3. The second-order valence-corrected chi connectivity index (χ2v) is 3.55. The average molecular weight is 195 g/mol. The van der Waals surface area contributed by atoms with Crippen LogP contribution in [0.4, 0.5) is 5.69 Å². The summed E-state index contributed by atoms with van der Waals surface area (Å²) in [7, 11) is 3.96. The summed E-state index contributed by atoms with van der Waals surface area (Å²) in [4.78, 5) is 2.01. The van der Waals surface area contributed by atoms with E-state index in [0.717, 1.165) is 11.4 Å². The van der Waals surface area contributed by atoms with Crippen LogP contribution in [-0.4, -0.2) is 31.9 Å². The van der Waals surface area contributed by atoms with Crippen molar-refractivity contribution in [2.45, 2.75) is 13.0 Å². The Labute approximate surface area is 84.9 Å². The number of anilines is 1. The lowest BCUT2D eigenvalue weighted by Gasteiger charge is -2.14. The normalized spacial score (nSPS) is 12.3. The van der Waals surface area contributed by atoms with E-state index in [1.54, 1.807) is 6.92 Å². The zero-order chi connectivity index (χ0) is 10.6. The molecule has 0 saturated carbocycles. The highest BCUT2D eigenvalue weighted by Gasteiger charge is 2.00. The van der Waals surface area contributed by atoms with Crippen LogP contribution < -0.4 is 9.64 Å². The maximum absolute atomic E-state index is 9.06. The molecule has 1 rings (SSSR count). The summed E-state index contributed by atoms with van der Waals surface area (Å²) in [5, 5.41) is 9.06. The van der Waals surface area contributed by atoms with Crippen molar-refractivity contribution in [3.63, 3.8) is 0 Å². The molecule has 3 heteroatoms. The monoisotopic (exact) mass is 195 g/mol. The summed E-state index contributed by atoms with van der Waals surface area (Å²) >= 11 is 0. The number of aliphatic hydroxyl groups excluding tert-OH is 1. The van der Waals surface area contributed by atoms with E-state index in [1.807, 2.05) is 43.3 Å². The molecule has 0 aliphatic heterocycles. The van der Waals surface area contributed by atoms with Gasteiger partial charge in [0.25, 0.3) is 0 Å². The number of ether oxygens (including phenoxy) is 1. The molecule has 0 saturated heterocycles. The summed E-state index contributed by atoms with van der Waals surface area (Å²) in [5.41, 5.74) is 1.09. The van der Waals surface area contributed by atoms with Gasteiger partial charge in [0.2, 0.25) is 0 Å².